The summed E-state index contributed by atoms with van der Waals surface area (Å²) in [6, 6.07) is 8.15. The van der Waals surface area contributed by atoms with Crippen LogP contribution in [0, 0.1) is 5.82 Å². The van der Waals surface area contributed by atoms with Gasteiger partial charge in [0, 0.05) is 24.3 Å². The summed E-state index contributed by atoms with van der Waals surface area (Å²) in [5.41, 5.74) is -0.1000. The van der Waals surface area contributed by atoms with Crippen LogP contribution < -0.4 is 4.90 Å². The number of alkyl halides is 3. The van der Waals surface area contributed by atoms with Crippen LogP contribution in [0.15, 0.2) is 53.0 Å². The van der Waals surface area contributed by atoms with Gasteiger partial charge >= 0.3 is 6.18 Å². The lowest BCUT2D eigenvalue weighted by atomic mass is 10.3. The van der Waals surface area contributed by atoms with Crippen LogP contribution in [-0.2, 0) is 16.7 Å². The highest BCUT2D eigenvalue weighted by molar-refractivity contribution is 7.98. The molecule has 0 N–H and O–H groups in total. The molecule has 0 aliphatic carbocycles. The zero-order valence-electron chi connectivity index (χ0n) is 14.4. The summed E-state index contributed by atoms with van der Waals surface area (Å²) >= 11 is 2.39. The Morgan fingerprint density at radius 3 is 2.57 bits per heavy atom. The number of amides is 1. The van der Waals surface area contributed by atoms with E-state index in [-0.39, 0.29) is 11.6 Å². The minimum absolute atomic E-state index is 0.105. The van der Waals surface area contributed by atoms with E-state index in [1.165, 1.54) is 59.2 Å². The first-order valence-electron chi connectivity index (χ1n) is 7.91. The van der Waals surface area contributed by atoms with Crippen LogP contribution in [0.1, 0.15) is 18.2 Å². The zero-order valence-corrected chi connectivity index (χ0v) is 16.0. The molecule has 146 valence electrons. The van der Waals surface area contributed by atoms with Crippen LogP contribution >= 0.6 is 23.1 Å². The van der Waals surface area contributed by atoms with E-state index in [0.29, 0.717) is 21.6 Å². The molecule has 0 bridgehead atoms. The number of pyridine rings is 1. The van der Waals surface area contributed by atoms with Crippen molar-refractivity contribution in [3.63, 3.8) is 0 Å². The van der Waals surface area contributed by atoms with E-state index in [0.717, 1.165) is 12.3 Å². The SMILES string of the molecule is CC(=O)N(c1nc(CSc2ccc(C(F)(F)F)cn2)cs1)c1ccccc1F. The second-order valence-electron chi connectivity index (χ2n) is 5.60. The molecule has 1 amide bonds. The summed E-state index contributed by atoms with van der Waals surface area (Å²) in [6.07, 6.45) is -3.65. The molecule has 2 aromatic heterocycles. The fourth-order valence-corrected chi connectivity index (χ4v) is 4.01. The van der Waals surface area contributed by atoms with Crippen LogP contribution in [-0.4, -0.2) is 15.9 Å². The summed E-state index contributed by atoms with van der Waals surface area (Å²) in [5, 5.41) is 2.44. The highest BCUT2D eigenvalue weighted by Crippen LogP contribution is 2.33. The molecule has 4 nitrogen and oxygen atoms in total. The fourth-order valence-electron chi connectivity index (χ4n) is 2.29. The number of rotatable bonds is 5. The van der Waals surface area contributed by atoms with Gasteiger partial charge in [-0.05, 0) is 24.3 Å². The monoisotopic (exact) mass is 427 g/mol. The number of carbonyl (C=O) groups is 1. The number of hydrogen-bond donors (Lipinski definition) is 0. The van der Waals surface area contributed by atoms with Gasteiger partial charge in [0.2, 0.25) is 5.91 Å². The maximum absolute atomic E-state index is 14.1. The Morgan fingerprint density at radius 2 is 1.96 bits per heavy atom. The molecule has 0 radical (unpaired) electrons. The number of halogens is 4. The van der Waals surface area contributed by atoms with Crippen LogP contribution in [0.5, 0.6) is 0 Å². The topological polar surface area (TPSA) is 46.1 Å². The van der Waals surface area contributed by atoms with Crippen molar-refractivity contribution in [3.8, 4) is 0 Å². The van der Waals surface area contributed by atoms with Crippen molar-refractivity contribution < 1.29 is 22.4 Å². The molecule has 28 heavy (non-hydrogen) atoms. The van der Waals surface area contributed by atoms with Crippen molar-refractivity contribution in [1.29, 1.82) is 0 Å². The van der Waals surface area contributed by atoms with Crippen molar-refractivity contribution in [3.05, 3.63) is 65.0 Å². The standard InChI is InChI=1S/C18H13F4N3OS2/c1-11(26)25(15-5-3-2-4-14(15)19)17-24-13(10-28-17)9-27-16-7-6-12(8-23-16)18(20,21)22/h2-8,10H,9H2,1H3. The number of aromatic nitrogens is 2. The highest BCUT2D eigenvalue weighted by atomic mass is 32.2. The van der Waals surface area contributed by atoms with E-state index in [1.54, 1.807) is 11.4 Å². The lowest BCUT2D eigenvalue weighted by molar-refractivity contribution is -0.137. The number of anilines is 2. The van der Waals surface area contributed by atoms with E-state index < -0.39 is 17.6 Å². The molecule has 0 spiro atoms. The molecule has 3 aromatic rings. The maximum Gasteiger partial charge on any atom is 0.417 e. The summed E-state index contributed by atoms with van der Waals surface area (Å²) in [5.74, 6) is -0.585. The molecule has 0 unspecified atom stereocenters. The average Bonchev–Trinajstić information content (AvgIpc) is 3.09. The Bertz CT molecular complexity index is 973. The molecule has 0 saturated heterocycles. The van der Waals surface area contributed by atoms with Crippen molar-refractivity contribution >= 4 is 39.8 Å². The summed E-state index contributed by atoms with van der Waals surface area (Å²) in [7, 11) is 0. The number of nitrogens with zero attached hydrogens (tertiary/aromatic N) is 3. The molecule has 0 atom stereocenters. The van der Waals surface area contributed by atoms with Gasteiger partial charge in [0.15, 0.2) is 5.13 Å². The number of carbonyl (C=O) groups excluding carboxylic acids is 1. The normalized spacial score (nSPS) is 11.5. The minimum Gasteiger partial charge on any atom is -0.274 e. The van der Waals surface area contributed by atoms with Gasteiger partial charge < -0.3 is 0 Å². The Balaban J connectivity index is 1.73. The van der Waals surface area contributed by atoms with Gasteiger partial charge in [0.25, 0.3) is 0 Å². The second kappa shape index (κ2) is 8.27. The second-order valence-corrected chi connectivity index (χ2v) is 7.43. The van der Waals surface area contributed by atoms with E-state index in [1.807, 2.05) is 0 Å². The lowest BCUT2D eigenvalue weighted by Gasteiger charge is -2.18. The van der Waals surface area contributed by atoms with Crippen LogP contribution in [0.4, 0.5) is 28.4 Å². The van der Waals surface area contributed by atoms with E-state index in [2.05, 4.69) is 9.97 Å². The van der Waals surface area contributed by atoms with E-state index >= 15 is 0 Å². The highest BCUT2D eigenvalue weighted by Gasteiger charge is 2.30. The molecule has 0 fully saturated rings. The third-order valence-corrected chi connectivity index (χ3v) is 5.42. The molecule has 0 aliphatic heterocycles. The smallest absolute Gasteiger partial charge is 0.274 e. The van der Waals surface area contributed by atoms with Crippen molar-refractivity contribution in [2.75, 3.05) is 4.90 Å². The first-order valence-corrected chi connectivity index (χ1v) is 9.78. The zero-order chi connectivity index (χ0) is 20.3. The Morgan fingerprint density at radius 1 is 1.21 bits per heavy atom. The van der Waals surface area contributed by atoms with Crippen LogP contribution in [0.2, 0.25) is 0 Å². The first-order chi connectivity index (χ1) is 13.3. The number of thiazole rings is 1. The quantitative estimate of drug-likeness (QED) is 0.389. The van der Waals surface area contributed by atoms with Gasteiger partial charge in [-0.3, -0.25) is 9.69 Å². The van der Waals surface area contributed by atoms with Gasteiger partial charge in [0.1, 0.15) is 5.82 Å². The molecule has 1 aromatic carbocycles. The van der Waals surface area contributed by atoms with Crippen LogP contribution in [0.3, 0.4) is 0 Å². The largest absolute Gasteiger partial charge is 0.417 e. The Hall–Kier alpha value is -2.46. The number of benzene rings is 1. The molecule has 10 heteroatoms. The summed E-state index contributed by atoms with van der Waals surface area (Å²) in [6.45, 7) is 1.31. The third kappa shape index (κ3) is 4.68. The van der Waals surface area contributed by atoms with E-state index in [9.17, 15) is 22.4 Å². The molecular weight excluding hydrogens is 414 g/mol. The summed E-state index contributed by atoms with van der Waals surface area (Å²) < 4.78 is 51.8. The van der Waals surface area contributed by atoms with Gasteiger partial charge in [-0.1, -0.05) is 12.1 Å². The third-order valence-electron chi connectivity index (χ3n) is 3.57. The average molecular weight is 427 g/mol. The van der Waals surface area contributed by atoms with Crippen molar-refractivity contribution in [2.24, 2.45) is 0 Å². The molecule has 2 heterocycles. The molecule has 0 aliphatic rings. The summed E-state index contributed by atoms with van der Waals surface area (Å²) in [4.78, 5) is 21.3. The minimum atomic E-state index is -4.43. The number of hydrogen-bond acceptors (Lipinski definition) is 5. The Labute approximate surface area is 166 Å². The number of thioether (sulfide) groups is 1. The molecular formula is C18H13F4N3OS2. The lowest BCUT2D eigenvalue weighted by Crippen LogP contribution is -2.23. The molecule has 3 rings (SSSR count). The van der Waals surface area contributed by atoms with E-state index in [4.69, 9.17) is 0 Å². The van der Waals surface area contributed by atoms with Gasteiger partial charge in [-0.25, -0.2) is 14.4 Å². The van der Waals surface area contributed by atoms with Gasteiger partial charge in [-0.2, -0.15) is 13.2 Å². The fraction of sp³-hybridized carbons (Fsp3) is 0.167. The predicted molar refractivity (Wildman–Crippen MR) is 100 cm³/mol. The van der Waals surface area contributed by atoms with Crippen molar-refractivity contribution in [2.45, 2.75) is 23.9 Å². The Kier molecular flexibility index (Phi) is 5.99. The molecule has 0 saturated carbocycles. The van der Waals surface area contributed by atoms with Gasteiger partial charge in [0.05, 0.1) is 22.0 Å². The first kappa shape index (κ1) is 20.3. The maximum atomic E-state index is 14.1. The van der Waals surface area contributed by atoms with Gasteiger partial charge in [-0.15, -0.1) is 23.1 Å². The predicted octanol–water partition coefficient (Wildman–Crippen LogP) is 5.67. The number of para-hydroxylation sites is 1. The van der Waals surface area contributed by atoms with Crippen LogP contribution in [0.25, 0.3) is 0 Å². The van der Waals surface area contributed by atoms with Crippen molar-refractivity contribution in [1.82, 2.24) is 9.97 Å².